The zero-order valence-electron chi connectivity index (χ0n) is 9.56. The zero-order valence-corrected chi connectivity index (χ0v) is 10.3. The number of aromatic nitrogens is 2. The smallest absolute Gasteiger partial charge is 0.341 e. The predicted octanol–water partition coefficient (Wildman–Crippen LogP) is 2.22. The van der Waals surface area contributed by atoms with Crippen molar-refractivity contribution in [2.24, 2.45) is 0 Å². The van der Waals surface area contributed by atoms with Crippen molar-refractivity contribution in [3.05, 3.63) is 39.0 Å². The summed E-state index contributed by atoms with van der Waals surface area (Å²) in [5, 5.41) is 8.82. The van der Waals surface area contributed by atoms with Crippen LogP contribution in [0.1, 0.15) is 29.2 Å². The molecule has 0 atom stereocenters. The summed E-state index contributed by atoms with van der Waals surface area (Å²) in [5.74, 6) is -2.32. The minimum atomic E-state index is -1.35. The van der Waals surface area contributed by atoms with Crippen LogP contribution in [0, 0.1) is 5.95 Å². The minimum Gasteiger partial charge on any atom is -0.477 e. The van der Waals surface area contributed by atoms with E-state index in [1.54, 1.807) is 4.57 Å². The van der Waals surface area contributed by atoms with Gasteiger partial charge in [0.2, 0.25) is 11.4 Å². The maximum Gasteiger partial charge on any atom is 0.341 e. The van der Waals surface area contributed by atoms with E-state index in [9.17, 15) is 14.0 Å². The quantitative estimate of drug-likeness (QED) is 0.857. The van der Waals surface area contributed by atoms with Gasteiger partial charge in [-0.05, 0) is 18.9 Å². The molecule has 0 spiro atoms. The molecule has 98 valence electrons. The summed E-state index contributed by atoms with van der Waals surface area (Å²) in [7, 11) is 0. The molecular formula is C12H8ClFN2O3. The number of nitrogens with zero attached hydrogens (tertiary/aromatic N) is 2. The van der Waals surface area contributed by atoms with Crippen LogP contribution in [0.25, 0.3) is 11.0 Å². The highest BCUT2D eigenvalue weighted by Gasteiger charge is 2.27. The number of pyridine rings is 2. The topological polar surface area (TPSA) is 72.2 Å². The first kappa shape index (κ1) is 12.1. The summed E-state index contributed by atoms with van der Waals surface area (Å²) in [6, 6.07) is 1.43. The van der Waals surface area contributed by atoms with Crippen LogP contribution >= 0.6 is 11.6 Å². The number of carboxylic acids is 1. The van der Waals surface area contributed by atoms with Crippen LogP contribution in [0.5, 0.6) is 0 Å². The first-order valence-corrected chi connectivity index (χ1v) is 6.01. The summed E-state index contributed by atoms with van der Waals surface area (Å²) < 4.78 is 15.0. The van der Waals surface area contributed by atoms with Gasteiger partial charge in [-0.3, -0.25) is 4.79 Å². The predicted molar refractivity (Wildman–Crippen MR) is 66.2 cm³/mol. The fraction of sp³-hybridized carbons (Fsp3) is 0.250. The van der Waals surface area contributed by atoms with Crippen molar-refractivity contribution in [3.8, 4) is 0 Å². The third-order valence-corrected chi connectivity index (χ3v) is 3.35. The molecule has 0 amide bonds. The Labute approximate surface area is 111 Å². The number of rotatable bonds is 2. The Morgan fingerprint density at radius 1 is 1.53 bits per heavy atom. The Hall–Kier alpha value is -1.95. The largest absolute Gasteiger partial charge is 0.477 e. The molecule has 5 nitrogen and oxygen atoms in total. The Kier molecular flexibility index (Phi) is 2.56. The summed E-state index contributed by atoms with van der Waals surface area (Å²) in [6.45, 7) is 0. The first-order chi connectivity index (χ1) is 8.99. The van der Waals surface area contributed by atoms with Crippen LogP contribution in [0.4, 0.5) is 4.39 Å². The number of halogens is 2. The number of fused-ring (bicyclic) bond motifs is 1. The molecule has 7 heteroatoms. The average molecular weight is 283 g/mol. The highest BCUT2D eigenvalue weighted by Crippen LogP contribution is 2.37. The molecule has 0 aliphatic heterocycles. The molecular weight excluding hydrogens is 275 g/mol. The van der Waals surface area contributed by atoms with E-state index >= 15 is 0 Å². The van der Waals surface area contributed by atoms with E-state index < -0.39 is 22.9 Å². The van der Waals surface area contributed by atoms with Gasteiger partial charge in [0.25, 0.3) is 0 Å². The van der Waals surface area contributed by atoms with Crippen molar-refractivity contribution >= 4 is 28.6 Å². The average Bonchev–Trinajstić information content (AvgIpc) is 3.16. The molecule has 1 aliphatic carbocycles. The van der Waals surface area contributed by atoms with Crippen molar-refractivity contribution < 1.29 is 14.3 Å². The minimum absolute atomic E-state index is 0.115. The van der Waals surface area contributed by atoms with Crippen molar-refractivity contribution in [3.63, 3.8) is 0 Å². The summed E-state index contributed by atoms with van der Waals surface area (Å²) >= 11 is 5.67. The van der Waals surface area contributed by atoms with Crippen LogP contribution in [0.15, 0.2) is 17.1 Å². The summed E-state index contributed by atoms with van der Waals surface area (Å²) in [4.78, 5) is 26.5. The monoisotopic (exact) mass is 282 g/mol. The second-order valence-electron chi connectivity index (χ2n) is 4.44. The highest BCUT2D eigenvalue weighted by molar-refractivity contribution is 6.31. The van der Waals surface area contributed by atoms with Crippen molar-refractivity contribution in [1.29, 1.82) is 0 Å². The van der Waals surface area contributed by atoms with Gasteiger partial charge in [0.15, 0.2) is 0 Å². The second-order valence-corrected chi connectivity index (χ2v) is 4.85. The van der Waals surface area contributed by atoms with E-state index in [0.717, 1.165) is 12.8 Å². The van der Waals surface area contributed by atoms with E-state index in [1.165, 1.54) is 12.3 Å². The Morgan fingerprint density at radius 3 is 2.79 bits per heavy atom. The van der Waals surface area contributed by atoms with Crippen molar-refractivity contribution in [2.75, 3.05) is 0 Å². The maximum atomic E-state index is 13.4. The lowest BCUT2D eigenvalue weighted by molar-refractivity contribution is 0.0695. The fourth-order valence-corrected chi connectivity index (χ4v) is 2.17. The third kappa shape index (κ3) is 1.88. The van der Waals surface area contributed by atoms with Crippen LogP contribution in [-0.4, -0.2) is 20.6 Å². The molecule has 0 aromatic carbocycles. The molecule has 1 aliphatic rings. The van der Waals surface area contributed by atoms with E-state index in [1.807, 2.05) is 0 Å². The van der Waals surface area contributed by atoms with Crippen LogP contribution in [-0.2, 0) is 0 Å². The molecule has 1 N–H and O–H groups in total. The summed E-state index contributed by atoms with van der Waals surface area (Å²) in [5.41, 5.74) is -1.04. The van der Waals surface area contributed by atoms with Gasteiger partial charge in [-0.15, -0.1) is 0 Å². The number of carboxylic acid groups (broad SMARTS) is 1. The number of aromatic carboxylic acids is 1. The van der Waals surface area contributed by atoms with E-state index in [2.05, 4.69) is 4.98 Å². The summed E-state index contributed by atoms with van der Waals surface area (Å²) in [6.07, 6.45) is 3.04. The van der Waals surface area contributed by atoms with Gasteiger partial charge in [0, 0.05) is 12.2 Å². The molecule has 2 aromatic rings. The van der Waals surface area contributed by atoms with Gasteiger partial charge in [-0.25, -0.2) is 9.78 Å². The van der Waals surface area contributed by atoms with Crippen LogP contribution in [0.2, 0.25) is 5.02 Å². The SMILES string of the molecule is O=C(O)c1cn(C2CC2)c2cc(Cl)c(F)nc2c1=O. The molecule has 1 fully saturated rings. The van der Waals surface area contributed by atoms with Crippen molar-refractivity contribution in [1.82, 2.24) is 9.55 Å². The second kappa shape index (κ2) is 4.03. The number of hydrogen-bond donors (Lipinski definition) is 1. The Bertz CT molecular complexity index is 768. The van der Waals surface area contributed by atoms with E-state index in [0.29, 0.717) is 5.52 Å². The molecule has 0 radical (unpaired) electrons. The molecule has 2 aromatic heterocycles. The molecule has 0 bridgehead atoms. The Morgan fingerprint density at radius 2 is 2.21 bits per heavy atom. The highest BCUT2D eigenvalue weighted by atomic mass is 35.5. The maximum absolute atomic E-state index is 13.4. The van der Waals surface area contributed by atoms with Crippen molar-refractivity contribution in [2.45, 2.75) is 18.9 Å². The molecule has 0 saturated heterocycles. The Balaban J connectivity index is 2.45. The number of carbonyl (C=O) groups is 1. The zero-order chi connectivity index (χ0) is 13.7. The van der Waals surface area contributed by atoms with Gasteiger partial charge >= 0.3 is 5.97 Å². The van der Waals surface area contributed by atoms with Crippen LogP contribution < -0.4 is 5.43 Å². The van der Waals surface area contributed by atoms with Gasteiger partial charge in [0.1, 0.15) is 11.1 Å². The van der Waals surface area contributed by atoms with Gasteiger partial charge in [-0.2, -0.15) is 4.39 Å². The molecule has 2 heterocycles. The molecule has 1 saturated carbocycles. The molecule has 0 unspecified atom stereocenters. The fourth-order valence-electron chi connectivity index (χ4n) is 2.02. The number of hydrogen-bond acceptors (Lipinski definition) is 3. The molecule has 19 heavy (non-hydrogen) atoms. The lowest BCUT2D eigenvalue weighted by atomic mass is 10.2. The lowest BCUT2D eigenvalue weighted by Crippen LogP contribution is -2.20. The van der Waals surface area contributed by atoms with Gasteiger partial charge in [0.05, 0.1) is 10.5 Å². The van der Waals surface area contributed by atoms with Gasteiger partial charge < -0.3 is 9.67 Å². The van der Waals surface area contributed by atoms with E-state index in [-0.39, 0.29) is 16.6 Å². The normalized spacial score (nSPS) is 14.8. The lowest BCUT2D eigenvalue weighted by Gasteiger charge is -2.11. The van der Waals surface area contributed by atoms with Crippen LogP contribution in [0.3, 0.4) is 0 Å². The van der Waals surface area contributed by atoms with Gasteiger partial charge in [-0.1, -0.05) is 11.6 Å². The van der Waals surface area contributed by atoms with E-state index in [4.69, 9.17) is 16.7 Å². The molecule has 3 rings (SSSR count). The standard InChI is InChI=1S/C12H8ClFN2O3/c13-7-3-8-9(15-11(7)14)10(17)6(12(18)19)4-16(8)5-1-2-5/h3-5H,1-2H2,(H,18,19). The first-order valence-electron chi connectivity index (χ1n) is 5.63. The third-order valence-electron chi connectivity index (χ3n) is 3.09.